The van der Waals surface area contributed by atoms with E-state index in [1.54, 1.807) is 0 Å². The molecule has 1 aliphatic carbocycles. The molecule has 1 atom stereocenters. The van der Waals surface area contributed by atoms with Crippen LogP contribution in [0.3, 0.4) is 0 Å². The largest absolute Gasteiger partial charge is 0.393 e. The van der Waals surface area contributed by atoms with Gasteiger partial charge in [-0.15, -0.1) is 0 Å². The van der Waals surface area contributed by atoms with E-state index in [4.69, 9.17) is 0 Å². The van der Waals surface area contributed by atoms with Crippen LogP contribution in [0.25, 0.3) is 11.0 Å². The molecule has 0 spiro atoms. The van der Waals surface area contributed by atoms with Crippen molar-refractivity contribution in [2.75, 3.05) is 0 Å². The molecule has 3 aromatic rings. The molecule has 1 saturated carbocycles. The second kappa shape index (κ2) is 7.53. The molecule has 1 amide bonds. The SMILES string of the molecule is Cc1nc2ccccc2n1CCC(=O)NC(c1ccccc1)C1CC(O)C1. The quantitative estimate of drug-likeness (QED) is 0.706. The molecular weight excluding hydrogens is 338 g/mol. The molecule has 2 aromatic carbocycles. The van der Waals surface area contributed by atoms with Crippen LogP contribution in [0.5, 0.6) is 0 Å². The van der Waals surface area contributed by atoms with Gasteiger partial charge in [0.2, 0.25) is 5.91 Å². The van der Waals surface area contributed by atoms with Gasteiger partial charge in [0.1, 0.15) is 5.82 Å². The van der Waals surface area contributed by atoms with E-state index >= 15 is 0 Å². The fraction of sp³-hybridized carbons (Fsp3) is 0.364. The topological polar surface area (TPSA) is 67.2 Å². The lowest BCUT2D eigenvalue weighted by molar-refractivity contribution is -0.123. The number of amides is 1. The second-order valence-corrected chi connectivity index (χ2v) is 7.39. The molecule has 0 radical (unpaired) electrons. The summed E-state index contributed by atoms with van der Waals surface area (Å²) in [5, 5.41) is 12.9. The summed E-state index contributed by atoms with van der Waals surface area (Å²) in [6.07, 6.45) is 1.65. The maximum Gasteiger partial charge on any atom is 0.222 e. The van der Waals surface area contributed by atoms with Crippen molar-refractivity contribution in [1.29, 1.82) is 0 Å². The molecule has 27 heavy (non-hydrogen) atoms. The van der Waals surface area contributed by atoms with Crippen LogP contribution in [0, 0.1) is 12.8 Å². The molecule has 1 unspecified atom stereocenters. The summed E-state index contributed by atoms with van der Waals surface area (Å²) in [5.41, 5.74) is 3.12. The molecule has 0 saturated heterocycles. The third-order valence-corrected chi connectivity index (χ3v) is 5.50. The van der Waals surface area contributed by atoms with Crippen LogP contribution >= 0.6 is 0 Å². The lowest BCUT2D eigenvalue weighted by Gasteiger charge is -2.38. The highest BCUT2D eigenvalue weighted by atomic mass is 16.3. The van der Waals surface area contributed by atoms with Gasteiger partial charge in [-0.05, 0) is 43.4 Å². The number of aliphatic hydroxyl groups is 1. The summed E-state index contributed by atoms with van der Waals surface area (Å²) in [7, 11) is 0. The van der Waals surface area contributed by atoms with Crippen LogP contribution in [0.1, 0.15) is 36.7 Å². The molecule has 0 aliphatic heterocycles. The molecular formula is C22H25N3O2. The molecule has 5 heteroatoms. The lowest BCUT2D eigenvalue weighted by Crippen LogP contribution is -2.41. The minimum atomic E-state index is -0.238. The van der Waals surface area contributed by atoms with Gasteiger partial charge in [-0.2, -0.15) is 0 Å². The number of carbonyl (C=O) groups is 1. The minimum Gasteiger partial charge on any atom is -0.393 e. The maximum atomic E-state index is 12.7. The van der Waals surface area contributed by atoms with E-state index in [0.717, 1.165) is 35.3 Å². The fourth-order valence-corrected chi connectivity index (χ4v) is 3.97. The van der Waals surface area contributed by atoms with Crippen molar-refractivity contribution < 1.29 is 9.90 Å². The van der Waals surface area contributed by atoms with Gasteiger partial charge in [-0.1, -0.05) is 42.5 Å². The zero-order valence-corrected chi connectivity index (χ0v) is 15.5. The zero-order chi connectivity index (χ0) is 18.8. The number of aryl methyl sites for hydroxylation is 2. The van der Waals surface area contributed by atoms with E-state index < -0.39 is 0 Å². The third kappa shape index (κ3) is 3.74. The average molecular weight is 363 g/mol. The zero-order valence-electron chi connectivity index (χ0n) is 15.5. The third-order valence-electron chi connectivity index (χ3n) is 5.50. The fourth-order valence-electron chi connectivity index (χ4n) is 3.97. The van der Waals surface area contributed by atoms with Gasteiger partial charge in [0.25, 0.3) is 0 Å². The molecule has 1 fully saturated rings. The van der Waals surface area contributed by atoms with Crippen LogP contribution in [-0.4, -0.2) is 26.7 Å². The summed E-state index contributed by atoms with van der Waals surface area (Å²) < 4.78 is 2.10. The molecule has 140 valence electrons. The Balaban J connectivity index is 1.44. The van der Waals surface area contributed by atoms with E-state index in [0.29, 0.717) is 18.9 Å². The monoisotopic (exact) mass is 363 g/mol. The van der Waals surface area contributed by atoms with Crippen LogP contribution in [-0.2, 0) is 11.3 Å². The Kier molecular flexibility index (Phi) is 4.94. The van der Waals surface area contributed by atoms with Crippen molar-refractivity contribution in [2.24, 2.45) is 5.92 Å². The van der Waals surface area contributed by atoms with Gasteiger partial charge in [0, 0.05) is 13.0 Å². The number of hydrogen-bond acceptors (Lipinski definition) is 3. The lowest BCUT2D eigenvalue weighted by atomic mass is 9.75. The Labute approximate surface area is 159 Å². The highest BCUT2D eigenvalue weighted by Gasteiger charge is 2.35. The Hall–Kier alpha value is -2.66. The Morgan fingerprint density at radius 3 is 2.63 bits per heavy atom. The number of hydrogen-bond donors (Lipinski definition) is 2. The standard InChI is InChI=1S/C22H25N3O2/c1-15-23-19-9-5-6-10-20(19)25(15)12-11-21(27)24-22(17-13-18(26)14-17)16-7-3-2-4-8-16/h2-10,17-18,22,26H,11-14H2,1H3,(H,24,27). The normalized spacial score (nSPS) is 20.2. The first kappa shape index (κ1) is 17.7. The predicted octanol–water partition coefficient (Wildman–Crippen LogP) is 3.36. The van der Waals surface area contributed by atoms with E-state index in [1.165, 1.54) is 0 Å². The molecule has 2 N–H and O–H groups in total. The molecule has 1 heterocycles. The number of para-hydroxylation sites is 2. The Morgan fingerprint density at radius 2 is 1.89 bits per heavy atom. The summed E-state index contributed by atoms with van der Waals surface area (Å²) in [4.78, 5) is 17.3. The number of benzene rings is 2. The van der Waals surface area contributed by atoms with Crippen molar-refractivity contribution in [2.45, 2.75) is 44.9 Å². The van der Waals surface area contributed by atoms with Gasteiger partial charge in [-0.25, -0.2) is 4.98 Å². The first-order valence-corrected chi connectivity index (χ1v) is 9.56. The van der Waals surface area contributed by atoms with E-state index in [-0.39, 0.29) is 18.1 Å². The van der Waals surface area contributed by atoms with E-state index in [9.17, 15) is 9.90 Å². The first-order valence-electron chi connectivity index (χ1n) is 9.56. The number of nitrogens with zero attached hydrogens (tertiary/aromatic N) is 2. The highest BCUT2D eigenvalue weighted by molar-refractivity contribution is 5.78. The predicted molar refractivity (Wildman–Crippen MR) is 105 cm³/mol. The number of carbonyl (C=O) groups excluding carboxylic acids is 1. The Morgan fingerprint density at radius 1 is 1.19 bits per heavy atom. The van der Waals surface area contributed by atoms with Crippen LogP contribution in [0.2, 0.25) is 0 Å². The Bertz CT molecular complexity index is 929. The number of fused-ring (bicyclic) bond motifs is 1. The van der Waals surface area contributed by atoms with Gasteiger partial charge >= 0.3 is 0 Å². The van der Waals surface area contributed by atoms with E-state index in [2.05, 4.69) is 14.9 Å². The molecule has 1 aromatic heterocycles. The summed E-state index contributed by atoms with van der Waals surface area (Å²) in [5.74, 6) is 1.25. The van der Waals surface area contributed by atoms with Crippen molar-refractivity contribution in [3.63, 3.8) is 0 Å². The minimum absolute atomic E-state index is 0.0300. The van der Waals surface area contributed by atoms with Gasteiger partial charge in [0.15, 0.2) is 0 Å². The van der Waals surface area contributed by atoms with Gasteiger partial charge in [-0.3, -0.25) is 4.79 Å². The smallest absolute Gasteiger partial charge is 0.222 e. The first-order chi connectivity index (χ1) is 13.1. The van der Waals surface area contributed by atoms with Gasteiger partial charge < -0.3 is 15.0 Å². The van der Waals surface area contributed by atoms with Crippen molar-refractivity contribution >= 4 is 16.9 Å². The van der Waals surface area contributed by atoms with Crippen molar-refractivity contribution in [3.05, 3.63) is 66.0 Å². The molecule has 1 aliphatic rings. The maximum absolute atomic E-state index is 12.7. The van der Waals surface area contributed by atoms with Crippen molar-refractivity contribution in [3.8, 4) is 0 Å². The molecule has 4 rings (SSSR count). The van der Waals surface area contributed by atoms with Crippen LogP contribution < -0.4 is 5.32 Å². The average Bonchev–Trinajstić information content (AvgIpc) is 2.98. The highest BCUT2D eigenvalue weighted by Crippen LogP contribution is 2.38. The van der Waals surface area contributed by atoms with Crippen LogP contribution in [0.15, 0.2) is 54.6 Å². The molecule has 0 bridgehead atoms. The number of aliphatic hydroxyl groups excluding tert-OH is 1. The molecule has 5 nitrogen and oxygen atoms in total. The summed E-state index contributed by atoms with van der Waals surface area (Å²) in [6, 6.07) is 18.0. The number of aromatic nitrogens is 2. The number of nitrogens with one attached hydrogen (secondary N) is 1. The number of rotatable bonds is 6. The van der Waals surface area contributed by atoms with Crippen LogP contribution in [0.4, 0.5) is 0 Å². The van der Waals surface area contributed by atoms with Gasteiger partial charge in [0.05, 0.1) is 23.2 Å². The number of imidazole rings is 1. The van der Waals surface area contributed by atoms with Crippen molar-refractivity contribution in [1.82, 2.24) is 14.9 Å². The summed E-state index contributed by atoms with van der Waals surface area (Å²) >= 11 is 0. The summed E-state index contributed by atoms with van der Waals surface area (Å²) in [6.45, 7) is 2.58. The van der Waals surface area contributed by atoms with E-state index in [1.807, 2.05) is 61.5 Å². The second-order valence-electron chi connectivity index (χ2n) is 7.39.